The van der Waals surface area contributed by atoms with Gasteiger partial charge in [-0.2, -0.15) is 0 Å². The molecule has 8 nitrogen and oxygen atoms in total. The minimum Gasteiger partial charge on any atom is -0.369 e. The molecule has 0 radical (unpaired) electrons. The number of fused-ring (bicyclic) bond motifs is 1. The van der Waals surface area contributed by atoms with Gasteiger partial charge in [0.15, 0.2) is 0 Å². The van der Waals surface area contributed by atoms with Gasteiger partial charge < -0.3 is 11.1 Å². The molecule has 1 atom stereocenters. The van der Waals surface area contributed by atoms with Gasteiger partial charge in [-0.05, 0) is 60.6 Å². The number of guanidine groups is 1. The van der Waals surface area contributed by atoms with Crippen LogP contribution in [0.1, 0.15) is 42.0 Å². The maximum absolute atomic E-state index is 13.4. The highest BCUT2D eigenvalue weighted by atomic mass is 32.2. The van der Waals surface area contributed by atoms with E-state index in [1.165, 1.54) is 17.1 Å². The van der Waals surface area contributed by atoms with E-state index in [4.69, 9.17) is 5.73 Å². The molecule has 2 aromatic carbocycles. The molecule has 1 fully saturated rings. The third-order valence-corrected chi connectivity index (χ3v) is 8.50. The lowest BCUT2D eigenvalue weighted by Crippen LogP contribution is -2.39. The van der Waals surface area contributed by atoms with Crippen molar-refractivity contribution in [1.29, 1.82) is 0 Å². The predicted molar refractivity (Wildman–Crippen MR) is 128 cm³/mol. The van der Waals surface area contributed by atoms with Crippen molar-refractivity contribution < 1.29 is 13.2 Å². The molecular formula is C24H29N5O3S. The van der Waals surface area contributed by atoms with Crippen LogP contribution in [0.15, 0.2) is 52.4 Å². The summed E-state index contributed by atoms with van der Waals surface area (Å²) in [5.41, 5.74) is 9.69. The summed E-state index contributed by atoms with van der Waals surface area (Å²) in [6, 6.07) is 12.3. The van der Waals surface area contributed by atoms with Crippen molar-refractivity contribution in [2.24, 2.45) is 16.6 Å². The molecule has 0 spiro atoms. The number of sulfonamides is 1. The number of benzene rings is 2. The molecule has 3 aliphatic rings. The summed E-state index contributed by atoms with van der Waals surface area (Å²) in [7, 11) is -3.86. The Balaban J connectivity index is 1.32. The van der Waals surface area contributed by atoms with Crippen LogP contribution in [0.4, 0.5) is 10.5 Å². The lowest BCUT2D eigenvalue weighted by molar-refractivity contribution is 0.246. The monoisotopic (exact) mass is 467 g/mol. The van der Waals surface area contributed by atoms with Gasteiger partial charge >= 0.3 is 6.03 Å². The zero-order valence-electron chi connectivity index (χ0n) is 18.7. The topological polar surface area (TPSA) is 108 Å². The molecule has 0 unspecified atom stereocenters. The number of urea groups is 1. The van der Waals surface area contributed by atoms with Crippen molar-refractivity contribution in [2.75, 3.05) is 24.5 Å². The smallest absolute Gasteiger partial charge is 0.321 e. The largest absolute Gasteiger partial charge is 0.369 e. The van der Waals surface area contributed by atoms with Gasteiger partial charge in [0.1, 0.15) is 0 Å². The molecule has 2 aliphatic heterocycles. The first kappa shape index (κ1) is 21.8. The van der Waals surface area contributed by atoms with Crippen molar-refractivity contribution in [1.82, 2.24) is 9.62 Å². The summed E-state index contributed by atoms with van der Waals surface area (Å²) in [6.07, 6.45) is 4.16. The summed E-state index contributed by atoms with van der Waals surface area (Å²) in [4.78, 5) is 18.9. The molecule has 0 aromatic heterocycles. The average Bonchev–Trinajstić information content (AvgIpc) is 3.38. The number of anilines is 1. The summed E-state index contributed by atoms with van der Waals surface area (Å²) in [5.74, 6) is 0.760. The lowest BCUT2D eigenvalue weighted by atomic mass is 10.0. The SMILES string of the molecule is Cc1ccccc1[C@H]1CN(S(=O)(=O)c2ccc3c(c2)CCN3C(=O)NCCC2CC2)C(N)=N1. The Labute approximate surface area is 194 Å². The number of amides is 2. The van der Waals surface area contributed by atoms with Crippen molar-refractivity contribution in [3.05, 3.63) is 59.2 Å². The summed E-state index contributed by atoms with van der Waals surface area (Å²) in [5, 5.41) is 2.99. The Morgan fingerprint density at radius 1 is 1.21 bits per heavy atom. The first-order chi connectivity index (χ1) is 15.8. The maximum Gasteiger partial charge on any atom is 0.321 e. The number of aryl methyl sites for hydroxylation is 1. The third kappa shape index (κ3) is 4.17. The van der Waals surface area contributed by atoms with E-state index in [2.05, 4.69) is 10.3 Å². The van der Waals surface area contributed by atoms with Gasteiger partial charge in [-0.15, -0.1) is 0 Å². The molecule has 3 N–H and O–H groups in total. The van der Waals surface area contributed by atoms with Crippen LogP contribution in [0.25, 0.3) is 0 Å². The van der Waals surface area contributed by atoms with Crippen LogP contribution in [0, 0.1) is 12.8 Å². The van der Waals surface area contributed by atoms with Gasteiger partial charge in [-0.3, -0.25) is 4.90 Å². The number of rotatable bonds is 6. The highest BCUT2D eigenvalue weighted by Crippen LogP contribution is 2.34. The molecule has 2 aromatic rings. The van der Waals surface area contributed by atoms with Crippen molar-refractivity contribution >= 4 is 27.7 Å². The van der Waals surface area contributed by atoms with E-state index in [-0.39, 0.29) is 29.5 Å². The van der Waals surface area contributed by atoms with E-state index < -0.39 is 10.0 Å². The average molecular weight is 468 g/mol. The van der Waals surface area contributed by atoms with Gasteiger partial charge in [0.2, 0.25) is 5.96 Å². The molecule has 5 rings (SSSR count). The molecule has 0 bridgehead atoms. The number of nitrogens with one attached hydrogen (secondary N) is 1. The zero-order chi connectivity index (χ0) is 23.2. The number of hydrogen-bond acceptors (Lipinski definition) is 5. The Kier molecular flexibility index (Phi) is 5.52. The zero-order valence-corrected chi connectivity index (χ0v) is 19.5. The van der Waals surface area contributed by atoms with Crippen LogP contribution in [0.2, 0.25) is 0 Å². The van der Waals surface area contributed by atoms with Gasteiger partial charge in [0.05, 0.1) is 17.5 Å². The Bertz CT molecular complexity index is 1220. The van der Waals surface area contributed by atoms with Crippen LogP contribution in [0.3, 0.4) is 0 Å². The second kappa shape index (κ2) is 8.37. The van der Waals surface area contributed by atoms with Gasteiger partial charge in [0, 0.05) is 18.8 Å². The Morgan fingerprint density at radius 3 is 2.76 bits per heavy atom. The quantitative estimate of drug-likeness (QED) is 0.681. The lowest BCUT2D eigenvalue weighted by Gasteiger charge is -2.21. The van der Waals surface area contributed by atoms with Crippen molar-refractivity contribution in [3.63, 3.8) is 0 Å². The van der Waals surface area contributed by atoms with E-state index in [1.807, 2.05) is 31.2 Å². The Hall–Kier alpha value is -3.07. The standard InChI is InChI=1S/C24H29N5O3S/c1-16-4-2-3-5-20(16)21-15-29(23(25)27-21)33(31,32)19-8-9-22-18(14-19)11-13-28(22)24(30)26-12-10-17-6-7-17/h2-5,8-9,14,17,21H,6-7,10-13,15H2,1H3,(H2,25,27)(H,26,30)/t21-/m1/s1. The molecule has 2 amide bonds. The fourth-order valence-electron chi connectivity index (χ4n) is 4.63. The number of aliphatic imine (C=N–C) groups is 1. The van der Waals surface area contributed by atoms with Gasteiger partial charge in [-0.25, -0.2) is 22.5 Å². The number of nitrogens with zero attached hydrogens (tertiary/aromatic N) is 3. The third-order valence-electron chi connectivity index (χ3n) is 6.74. The minimum atomic E-state index is -3.86. The molecule has 1 aliphatic carbocycles. The number of hydrogen-bond donors (Lipinski definition) is 2. The molecule has 1 saturated carbocycles. The van der Waals surface area contributed by atoms with Gasteiger partial charge in [-0.1, -0.05) is 37.1 Å². The summed E-state index contributed by atoms with van der Waals surface area (Å²) in [6.45, 7) is 3.37. The highest BCUT2D eigenvalue weighted by molar-refractivity contribution is 7.89. The van der Waals surface area contributed by atoms with Crippen LogP contribution < -0.4 is 16.0 Å². The summed E-state index contributed by atoms with van der Waals surface area (Å²) >= 11 is 0. The van der Waals surface area contributed by atoms with E-state index in [0.717, 1.165) is 34.7 Å². The first-order valence-electron chi connectivity index (χ1n) is 11.4. The van der Waals surface area contributed by atoms with E-state index in [9.17, 15) is 13.2 Å². The predicted octanol–water partition coefficient (Wildman–Crippen LogP) is 2.93. The Morgan fingerprint density at radius 2 is 2.00 bits per heavy atom. The highest BCUT2D eigenvalue weighted by Gasteiger charge is 2.36. The van der Waals surface area contributed by atoms with Crippen LogP contribution in [-0.4, -0.2) is 44.3 Å². The minimum absolute atomic E-state index is 0.000388. The van der Waals surface area contributed by atoms with E-state index >= 15 is 0 Å². The molecular weight excluding hydrogens is 438 g/mol. The summed E-state index contributed by atoms with van der Waals surface area (Å²) < 4.78 is 28.0. The first-order valence-corrected chi connectivity index (χ1v) is 12.9. The fourth-order valence-corrected chi connectivity index (χ4v) is 6.04. The normalized spacial score (nSPS) is 20.0. The second-order valence-electron chi connectivity index (χ2n) is 9.05. The molecule has 174 valence electrons. The number of carbonyl (C=O) groups is 1. The molecule has 33 heavy (non-hydrogen) atoms. The molecule has 9 heteroatoms. The van der Waals surface area contributed by atoms with E-state index in [1.54, 1.807) is 23.1 Å². The molecule has 2 heterocycles. The van der Waals surface area contributed by atoms with E-state index in [0.29, 0.717) is 19.5 Å². The maximum atomic E-state index is 13.4. The van der Waals surface area contributed by atoms with Crippen molar-refractivity contribution in [3.8, 4) is 0 Å². The fraction of sp³-hybridized carbons (Fsp3) is 0.417. The molecule has 0 saturated heterocycles. The number of nitrogens with two attached hydrogens (primary N) is 1. The van der Waals surface area contributed by atoms with Crippen molar-refractivity contribution in [2.45, 2.75) is 43.5 Å². The van der Waals surface area contributed by atoms with Crippen LogP contribution in [-0.2, 0) is 16.4 Å². The van der Waals surface area contributed by atoms with Crippen LogP contribution in [0.5, 0.6) is 0 Å². The number of carbonyl (C=O) groups excluding carboxylic acids is 1. The van der Waals surface area contributed by atoms with Crippen LogP contribution >= 0.6 is 0 Å². The second-order valence-corrected chi connectivity index (χ2v) is 10.9. The van der Waals surface area contributed by atoms with Gasteiger partial charge in [0.25, 0.3) is 10.0 Å².